The summed E-state index contributed by atoms with van der Waals surface area (Å²) in [6.45, 7) is -0.0666. The van der Waals surface area contributed by atoms with Crippen molar-refractivity contribution in [3.05, 3.63) is 107 Å². The number of hydrogen-bond donors (Lipinski definition) is 0. The highest BCUT2D eigenvalue weighted by molar-refractivity contribution is 7.89. The lowest BCUT2D eigenvalue weighted by molar-refractivity contribution is -0.137. The summed E-state index contributed by atoms with van der Waals surface area (Å²) in [6, 6.07) is 14.2. The Kier molecular flexibility index (Phi) is 6.57. The van der Waals surface area contributed by atoms with Gasteiger partial charge < -0.3 is 0 Å². The number of hydrogen-bond acceptors (Lipinski definition) is 5. The first kappa shape index (κ1) is 27.3. The number of aromatic nitrogens is 3. The Balaban J connectivity index is 1.39. The van der Waals surface area contributed by atoms with Crippen molar-refractivity contribution in [2.75, 3.05) is 13.1 Å². The first-order valence-electron chi connectivity index (χ1n) is 12.9. The maximum Gasteiger partial charge on any atom is 0.416 e. The molecule has 1 aliphatic heterocycles. The topological polar surface area (TPSA) is 85.2 Å². The average molecular weight is 585 g/mol. The molecule has 0 amide bonds. The predicted molar refractivity (Wildman–Crippen MR) is 140 cm³/mol. The Labute approximate surface area is 233 Å². The van der Waals surface area contributed by atoms with E-state index in [1.807, 2.05) is 0 Å². The molecule has 4 aromatic rings. The molecule has 1 fully saturated rings. The van der Waals surface area contributed by atoms with Crippen molar-refractivity contribution < 1.29 is 30.8 Å². The van der Waals surface area contributed by atoms with Crippen molar-refractivity contribution in [3.63, 3.8) is 0 Å². The molecule has 0 radical (unpaired) electrons. The predicted octanol–water partition coefficient (Wildman–Crippen LogP) is 5.10. The Morgan fingerprint density at radius 2 is 1.73 bits per heavy atom. The van der Waals surface area contributed by atoms with Gasteiger partial charge in [0, 0.05) is 25.0 Å². The van der Waals surface area contributed by atoms with Crippen LogP contribution < -0.4 is 0 Å². The van der Waals surface area contributed by atoms with Crippen LogP contribution in [0, 0.1) is 17.2 Å². The zero-order chi connectivity index (χ0) is 29.0. The van der Waals surface area contributed by atoms with Gasteiger partial charge in [-0.3, -0.25) is 9.78 Å². The molecule has 0 bridgehead atoms. The normalized spacial score (nSPS) is 21.2. The minimum Gasteiger partial charge on any atom is -0.292 e. The molecule has 0 unspecified atom stereocenters. The summed E-state index contributed by atoms with van der Waals surface area (Å²) in [5, 5.41) is 4.51. The van der Waals surface area contributed by atoms with Gasteiger partial charge in [-0.1, -0.05) is 6.07 Å². The van der Waals surface area contributed by atoms with Gasteiger partial charge in [0.25, 0.3) is 0 Å². The number of nitrogens with zero attached hydrogens (tertiary/aromatic N) is 4. The molecular formula is C29H24F4N4O3S. The van der Waals surface area contributed by atoms with Gasteiger partial charge in [0.1, 0.15) is 11.5 Å². The van der Waals surface area contributed by atoms with Gasteiger partial charge in [-0.15, -0.1) is 0 Å². The monoisotopic (exact) mass is 584 g/mol. The summed E-state index contributed by atoms with van der Waals surface area (Å²) in [5.41, 5.74) is 0.387. The number of fused-ring (bicyclic) bond motifs is 2. The van der Waals surface area contributed by atoms with Crippen molar-refractivity contribution in [1.29, 1.82) is 0 Å². The van der Waals surface area contributed by atoms with Gasteiger partial charge in [0.2, 0.25) is 10.0 Å². The van der Waals surface area contributed by atoms with Crippen LogP contribution >= 0.6 is 0 Å². The molecule has 0 saturated carbocycles. The number of piperidine rings is 1. The van der Waals surface area contributed by atoms with E-state index in [0.29, 0.717) is 18.5 Å². The Morgan fingerprint density at radius 1 is 1.00 bits per heavy atom. The molecule has 1 saturated heterocycles. The average Bonchev–Trinajstić information content (AvgIpc) is 3.37. The molecule has 6 rings (SSSR count). The van der Waals surface area contributed by atoms with E-state index < -0.39 is 27.2 Å². The maximum atomic E-state index is 14.2. The first-order valence-corrected chi connectivity index (χ1v) is 14.4. The fourth-order valence-corrected chi connectivity index (χ4v) is 7.53. The van der Waals surface area contributed by atoms with Crippen molar-refractivity contribution in [2.24, 2.45) is 11.3 Å². The maximum absolute atomic E-state index is 14.2. The van der Waals surface area contributed by atoms with E-state index in [9.17, 15) is 30.8 Å². The van der Waals surface area contributed by atoms with Gasteiger partial charge in [-0.05, 0) is 91.4 Å². The minimum atomic E-state index is -4.60. The van der Waals surface area contributed by atoms with Crippen LogP contribution in [0.5, 0.6) is 0 Å². The number of sulfonamides is 1. The molecule has 3 heterocycles. The van der Waals surface area contributed by atoms with Crippen LogP contribution in [0.4, 0.5) is 17.6 Å². The number of carbonyl (C=O) groups is 1. The number of ketones is 1. The van der Waals surface area contributed by atoms with Gasteiger partial charge >= 0.3 is 6.18 Å². The third-order valence-electron chi connectivity index (χ3n) is 8.11. The highest BCUT2D eigenvalue weighted by Crippen LogP contribution is 2.48. The fraction of sp³-hybridized carbons (Fsp3) is 0.276. The van der Waals surface area contributed by atoms with E-state index in [1.165, 1.54) is 22.6 Å². The Bertz CT molecular complexity index is 1710. The molecule has 41 heavy (non-hydrogen) atoms. The molecule has 12 heteroatoms. The molecule has 2 aromatic heterocycles. The third-order valence-corrected chi connectivity index (χ3v) is 9.97. The number of pyridine rings is 1. The second-order valence-corrected chi connectivity index (χ2v) is 12.4. The largest absolute Gasteiger partial charge is 0.416 e. The zero-order valence-electron chi connectivity index (χ0n) is 21.6. The van der Waals surface area contributed by atoms with Crippen molar-refractivity contribution in [3.8, 4) is 5.69 Å². The lowest BCUT2D eigenvalue weighted by atomic mass is 9.60. The lowest BCUT2D eigenvalue weighted by Crippen LogP contribution is -2.57. The zero-order valence-corrected chi connectivity index (χ0v) is 22.4. The van der Waals surface area contributed by atoms with E-state index in [0.717, 1.165) is 35.5 Å². The number of alkyl halides is 3. The number of carbonyl (C=O) groups excluding carboxylic acids is 1. The van der Waals surface area contributed by atoms with Gasteiger partial charge in [-0.2, -0.15) is 22.6 Å². The van der Waals surface area contributed by atoms with Crippen molar-refractivity contribution in [2.45, 2.75) is 30.3 Å². The highest BCUT2D eigenvalue weighted by Gasteiger charge is 2.54. The van der Waals surface area contributed by atoms with Crippen LogP contribution in [0.25, 0.3) is 5.69 Å². The van der Waals surface area contributed by atoms with Crippen LogP contribution in [-0.2, 0) is 29.0 Å². The smallest absolute Gasteiger partial charge is 0.292 e. The summed E-state index contributed by atoms with van der Waals surface area (Å²) in [4.78, 5) is 18.1. The van der Waals surface area contributed by atoms with Gasteiger partial charge in [0.05, 0.1) is 27.8 Å². The van der Waals surface area contributed by atoms with Crippen molar-refractivity contribution >= 4 is 15.8 Å². The van der Waals surface area contributed by atoms with E-state index in [-0.39, 0.29) is 47.6 Å². The summed E-state index contributed by atoms with van der Waals surface area (Å²) in [5.74, 6) is -0.938. The number of Topliss-reactive ketones (excluding diaryl/α,β-unsaturated/α-hetero) is 1. The summed E-state index contributed by atoms with van der Waals surface area (Å²) in [6.07, 6.45) is -0.489. The number of benzene rings is 2. The Hall–Kier alpha value is -3.90. The third kappa shape index (κ3) is 4.74. The standard InChI is InChI=1S/C29H24F4N4O3S/c30-22-6-8-23(9-7-22)37-26-15-21-12-14-36(41(39,40)24-10-4-20(5-11-24)29(31,32)33)18-28(21,16-19(26)17-35-37)27(38)25-3-1-2-13-34-25/h1-11,13,17,21H,12,14-16,18H2/t21-,28-/m0/s1. The summed E-state index contributed by atoms with van der Waals surface area (Å²) < 4.78 is 83.0. The van der Waals surface area contributed by atoms with Gasteiger partial charge in [-0.25, -0.2) is 17.5 Å². The molecule has 2 aromatic carbocycles. The summed E-state index contributed by atoms with van der Waals surface area (Å²) >= 11 is 0. The molecule has 7 nitrogen and oxygen atoms in total. The molecule has 2 aliphatic rings. The number of halogens is 4. The van der Waals surface area contributed by atoms with Crippen LogP contribution in [0.15, 0.2) is 84.0 Å². The minimum absolute atomic E-state index is 0.0886. The van der Waals surface area contributed by atoms with Crippen LogP contribution in [-0.4, -0.2) is 46.4 Å². The van der Waals surface area contributed by atoms with Crippen molar-refractivity contribution in [1.82, 2.24) is 19.1 Å². The fourth-order valence-electron chi connectivity index (χ4n) is 6.01. The quantitative estimate of drug-likeness (QED) is 0.241. The van der Waals surface area contributed by atoms with Gasteiger partial charge in [0.15, 0.2) is 5.78 Å². The molecule has 0 spiro atoms. The second-order valence-electron chi connectivity index (χ2n) is 10.4. The highest BCUT2D eigenvalue weighted by atomic mass is 32.2. The van der Waals surface area contributed by atoms with E-state index in [2.05, 4.69) is 10.1 Å². The second kappa shape index (κ2) is 9.88. The summed E-state index contributed by atoms with van der Waals surface area (Å²) in [7, 11) is -4.21. The molecular weight excluding hydrogens is 560 g/mol. The van der Waals surface area contributed by atoms with E-state index in [1.54, 1.807) is 41.2 Å². The van der Waals surface area contributed by atoms with E-state index in [4.69, 9.17) is 0 Å². The number of rotatable bonds is 5. The SMILES string of the molecule is O=C(c1ccccn1)[C@]12Cc3cnn(-c4ccc(F)cc4)c3C[C@@H]1CCN(S(=O)(=O)c1ccc(C(F)(F)F)cc1)C2. The molecule has 2 atom stereocenters. The van der Waals surface area contributed by atoms with Crippen LogP contribution in [0.3, 0.4) is 0 Å². The van der Waals surface area contributed by atoms with Crippen LogP contribution in [0.2, 0.25) is 0 Å². The molecule has 1 aliphatic carbocycles. The Morgan fingerprint density at radius 3 is 2.39 bits per heavy atom. The molecule has 0 N–H and O–H groups in total. The van der Waals surface area contributed by atoms with E-state index >= 15 is 0 Å². The molecule has 212 valence electrons. The lowest BCUT2D eigenvalue weighted by Gasteiger charge is -2.49. The first-order chi connectivity index (χ1) is 19.5. The van der Waals surface area contributed by atoms with Crippen LogP contribution in [0.1, 0.15) is 33.7 Å².